The molecule has 0 aliphatic rings. The van der Waals surface area contributed by atoms with Gasteiger partial charge in [-0.05, 0) is 44.4 Å². The molecule has 0 radical (unpaired) electrons. The van der Waals surface area contributed by atoms with Crippen LogP contribution in [0.4, 0.5) is 0 Å². The van der Waals surface area contributed by atoms with Crippen LogP contribution in [0.1, 0.15) is 43.7 Å². The van der Waals surface area contributed by atoms with Crippen molar-refractivity contribution in [2.75, 3.05) is 0 Å². The molecule has 158 valence electrons. The highest BCUT2D eigenvalue weighted by Crippen LogP contribution is 2.23. The molecule has 0 amide bonds. The van der Waals surface area contributed by atoms with Gasteiger partial charge in [-0.25, -0.2) is 0 Å². The predicted octanol–water partition coefficient (Wildman–Crippen LogP) is 4.74. The molecule has 1 unspecified atom stereocenters. The molecule has 2 aromatic carbocycles. The van der Waals surface area contributed by atoms with Crippen molar-refractivity contribution in [1.82, 2.24) is 0 Å². The Balaban J connectivity index is 2.06. The molecule has 0 aliphatic heterocycles. The molecule has 0 aliphatic carbocycles. The van der Waals surface area contributed by atoms with Crippen molar-refractivity contribution in [3.8, 4) is 0 Å². The fourth-order valence-electron chi connectivity index (χ4n) is 2.79. The van der Waals surface area contributed by atoms with Gasteiger partial charge in [-0.3, -0.25) is 4.18 Å². The maximum Gasteiger partial charge on any atom is 0.297 e. The zero-order valence-corrected chi connectivity index (χ0v) is 17.9. The molecule has 1 N–H and O–H groups in total. The topological polar surface area (TPSA) is 72.8 Å². The lowest BCUT2D eigenvalue weighted by Crippen LogP contribution is -2.22. The van der Waals surface area contributed by atoms with E-state index in [4.69, 9.17) is 8.92 Å². The smallest absolute Gasteiger partial charge is 0.297 e. The lowest BCUT2D eigenvalue weighted by Gasteiger charge is -2.21. The van der Waals surface area contributed by atoms with Gasteiger partial charge in [-0.1, -0.05) is 67.4 Å². The average Bonchev–Trinajstić information content (AvgIpc) is 2.69. The van der Waals surface area contributed by atoms with E-state index in [0.717, 1.165) is 17.5 Å². The zero-order valence-electron chi connectivity index (χ0n) is 17.1. The van der Waals surface area contributed by atoms with E-state index < -0.39 is 16.2 Å². The van der Waals surface area contributed by atoms with Gasteiger partial charge in [0, 0.05) is 0 Å². The van der Waals surface area contributed by atoms with Crippen molar-refractivity contribution in [2.24, 2.45) is 0 Å². The van der Waals surface area contributed by atoms with Crippen LogP contribution >= 0.6 is 0 Å². The highest BCUT2D eigenvalue weighted by Gasteiger charge is 2.25. The van der Waals surface area contributed by atoms with E-state index in [1.807, 2.05) is 37.3 Å². The van der Waals surface area contributed by atoms with Gasteiger partial charge in [0.25, 0.3) is 10.1 Å². The average molecular weight is 419 g/mol. The third-order valence-corrected chi connectivity index (χ3v) is 5.85. The highest BCUT2D eigenvalue weighted by molar-refractivity contribution is 7.86. The Morgan fingerprint density at radius 3 is 2.28 bits per heavy atom. The normalized spacial score (nSPS) is 13.6. The largest absolute Gasteiger partial charge is 0.491 e. The molecular weight excluding hydrogens is 388 g/mol. The van der Waals surface area contributed by atoms with Crippen LogP contribution in [0, 0.1) is 6.92 Å². The molecule has 0 spiro atoms. The Hall–Kier alpha value is -2.15. The minimum absolute atomic E-state index is 0.105. The molecule has 29 heavy (non-hydrogen) atoms. The maximum atomic E-state index is 12.7. The second-order valence-corrected chi connectivity index (χ2v) is 8.80. The van der Waals surface area contributed by atoms with Crippen LogP contribution in [0.2, 0.25) is 0 Å². The Kier molecular flexibility index (Phi) is 8.89. The number of unbranched alkanes of at least 4 members (excludes halogenated alkanes) is 1. The first-order chi connectivity index (χ1) is 13.8. The van der Waals surface area contributed by atoms with Crippen molar-refractivity contribution < 1.29 is 22.4 Å². The van der Waals surface area contributed by atoms with Gasteiger partial charge in [-0.2, -0.15) is 8.42 Å². The molecule has 2 atom stereocenters. The van der Waals surface area contributed by atoms with Crippen LogP contribution in [0.5, 0.6) is 0 Å². The molecule has 0 saturated carbocycles. The summed E-state index contributed by atoms with van der Waals surface area (Å²) in [6.07, 6.45) is 1.35. The fraction of sp³-hybridized carbons (Fsp3) is 0.391. The van der Waals surface area contributed by atoms with Gasteiger partial charge in [0.15, 0.2) is 0 Å². The van der Waals surface area contributed by atoms with Gasteiger partial charge in [-0.15, -0.1) is 0 Å². The predicted molar refractivity (Wildman–Crippen MR) is 114 cm³/mol. The standard InChI is InChI=1S/C23H30O5S/c1-18-13-15-22(16-14-18)29(25,26)28-23(12-8-7-9-19(2)24)20(3)27-17-21-10-5-4-6-11-21/h4-6,10-11,13-16,19,23-24H,3,7-9,12,17H2,1-2H3/t19?,23-/m0/s1. The van der Waals surface area contributed by atoms with Crippen molar-refractivity contribution in [2.45, 2.75) is 63.2 Å². The summed E-state index contributed by atoms with van der Waals surface area (Å²) in [5.74, 6) is 0.279. The van der Waals surface area contributed by atoms with Gasteiger partial charge in [0.2, 0.25) is 0 Å². The molecule has 0 fully saturated rings. The summed E-state index contributed by atoms with van der Waals surface area (Å²) in [6, 6.07) is 16.1. The number of aliphatic hydroxyl groups excluding tert-OH is 1. The molecule has 6 heteroatoms. The second-order valence-electron chi connectivity index (χ2n) is 7.23. The van der Waals surface area contributed by atoms with Gasteiger partial charge >= 0.3 is 0 Å². The van der Waals surface area contributed by atoms with Crippen LogP contribution < -0.4 is 0 Å². The summed E-state index contributed by atoms with van der Waals surface area (Å²) < 4.78 is 36.7. The van der Waals surface area contributed by atoms with Crippen LogP contribution in [0.25, 0.3) is 0 Å². The van der Waals surface area contributed by atoms with Crippen LogP contribution in [-0.2, 0) is 25.6 Å². The zero-order chi connectivity index (χ0) is 21.3. The number of aliphatic hydroxyl groups is 1. The second kappa shape index (κ2) is 11.1. The van der Waals surface area contributed by atoms with Crippen LogP contribution in [0.3, 0.4) is 0 Å². The fourth-order valence-corrected chi connectivity index (χ4v) is 3.88. The number of benzene rings is 2. The highest BCUT2D eigenvalue weighted by atomic mass is 32.2. The Morgan fingerprint density at radius 1 is 1.03 bits per heavy atom. The summed E-state index contributed by atoms with van der Waals surface area (Å²) in [5, 5.41) is 9.43. The molecule has 0 aromatic heterocycles. The molecule has 5 nitrogen and oxygen atoms in total. The first-order valence-electron chi connectivity index (χ1n) is 9.81. The van der Waals surface area contributed by atoms with Crippen molar-refractivity contribution in [3.63, 3.8) is 0 Å². The first kappa shape index (κ1) is 23.1. The molecular formula is C23H30O5S. The summed E-state index contributed by atoms with van der Waals surface area (Å²) in [5.41, 5.74) is 1.93. The van der Waals surface area contributed by atoms with E-state index in [1.54, 1.807) is 19.1 Å². The third-order valence-electron chi connectivity index (χ3n) is 4.52. The maximum absolute atomic E-state index is 12.7. The third kappa shape index (κ3) is 8.01. The Morgan fingerprint density at radius 2 is 1.66 bits per heavy atom. The Labute approximate surface area is 174 Å². The minimum atomic E-state index is -3.95. The van der Waals surface area contributed by atoms with Gasteiger partial charge in [0.05, 0.1) is 11.0 Å². The lowest BCUT2D eigenvalue weighted by molar-refractivity contribution is 0.106. The monoisotopic (exact) mass is 418 g/mol. The molecule has 0 heterocycles. The molecule has 2 aromatic rings. The van der Waals surface area contributed by atoms with Crippen molar-refractivity contribution in [1.29, 1.82) is 0 Å². The quantitative estimate of drug-likeness (QED) is 0.306. The van der Waals surface area contributed by atoms with E-state index in [1.165, 1.54) is 12.1 Å². The summed E-state index contributed by atoms with van der Waals surface area (Å²) in [6.45, 7) is 7.83. The van der Waals surface area contributed by atoms with E-state index in [-0.39, 0.29) is 23.4 Å². The number of aryl methyl sites for hydroxylation is 1. The summed E-state index contributed by atoms with van der Waals surface area (Å²) in [7, 11) is -3.95. The number of hydrogen-bond acceptors (Lipinski definition) is 5. The lowest BCUT2D eigenvalue weighted by atomic mass is 10.1. The van der Waals surface area contributed by atoms with E-state index in [9.17, 15) is 13.5 Å². The molecule has 0 saturated heterocycles. The SMILES string of the molecule is C=C(OCc1ccccc1)[C@H](CCCCC(C)O)OS(=O)(=O)c1ccc(C)cc1. The molecule has 2 rings (SSSR count). The van der Waals surface area contributed by atoms with Crippen molar-refractivity contribution >= 4 is 10.1 Å². The van der Waals surface area contributed by atoms with Crippen LogP contribution in [0.15, 0.2) is 71.8 Å². The van der Waals surface area contributed by atoms with Crippen LogP contribution in [-0.4, -0.2) is 25.7 Å². The van der Waals surface area contributed by atoms with E-state index in [0.29, 0.717) is 19.3 Å². The van der Waals surface area contributed by atoms with Crippen molar-refractivity contribution in [3.05, 3.63) is 78.1 Å². The van der Waals surface area contributed by atoms with Gasteiger partial charge < -0.3 is 9.84 Å². The number of ether oxygens (including phenoxy) is 1. The summed E-state index contributed by atoms with van der Waals surface area (Å²) in [4.78, 5) is 0.105. The Bertz CT molecular complexity index is 858. The van der Waals surface area contributed by atoms with E-state index in [2.05, 4.69) is 6.58 Å². The minimum Gasteiger partial charge on any atom is -0.491 e. The number of rotatable bonds is 12. The first-order valence-corrected chi connectivity index (χ1v) is 11.2. The summed E-state index contributed by atoms with van der Waals surface area (Å²) >= 11 is 0. The van der Waals surface area contributed by atoms with Gasteiger partial charge in [0.1, 0.15) is 18.5 Å². The number of hydrogen-bond donors (Lipinski definition) is 1. The van der Waals surface area contributed by atoms with E-state index >= 15 is 0 Å². The molecule has 0 bridgehead atoms.